The van der Waals surface area contributed by atoms with Gasteiger partial charge in [0, 0.05) is 25.6 Å². The number of amides is 2. The maximum Gasteiger partial charge on any atom is 0.245 e. The van der Waals surface area contributed by atoms with Crippen LogP contribution in [-0.2, 0) is 9.59 Å². The van der Waals surface area contributed by atoms with Gasteiger partial charge in [0.05, 0.1) is 0 Å². The summed E-state index contributed by atoms with van der Waals surface area (Å²) >= 11 is 1.97. The van der Waals surface area contributed by atoms with Crippen molar-refractivity contribution in [3.05, 3.63) is 0 Å². The molecule has 0 saturated carbocycles. The molecule has 2 amide bonds. The summed E-state index contributed by atoms with van der Waals surface area (Å²) in [5, 5.41) is 0. The summed E-state index contributed by atoms with van der Waals surface area (Å²) in [7, 11) is 0. The lowest BCUT2D eigenvalue weighted by molar-refractivity contribution is -0.140. The average molecular weight is 268 g/mol. The van der Waals surface area contributed by atoms with Gasteiger partial charge in [0.25, 0.3) is 0 Å². The van der Waals surface area contributed by atoms with E-state index < -0.39 is 0 Å². The zero-order valence-electron chi connectivity index (χ0n) is 10.6. The highest BCUT2D eigenvalue weighted by Crippen LogP contribution is 2.28. The molecule has 100 valence electrons. The molecule has 3 aliphatic rings. The van der Waals surface area contributed by atoms with Crippen molar-refractivity contribution in [3.8, 4) is 0 Å². The quantitative estimate of drug-likeness (QED) is 0.715. The van der Waals surface area contributed by atoms with Gasteiger partial charge >= 0.3 is 0 Å². The molecule has 18 heavy (non-hydrogen) atoms. The number of carbonyl (C=O) groups is 2. The van der Waals surface area contributed by atoms with E-state index in [0.717, 1.165) is 43.7 Å². The van der Waals surface area contributed by atoms with Gasteiger partial charge in [-0.15, -0.1) is 0 Å². The van der Waals surface area contributed by atoms with Crippen molar-refractivity contribution >= 4 is 23.6 Å². The topological polar surface area (TPSA) is 40.6 Å². The average Bonchev–Trinajstić information content (AvgIpc) is 2.85. The molecule has 0 spiro atoms. The summed E-state index contributed by atoms with van der Waals surface area (Å²) in [5.74, 6) is 2.70. The van der Waals surface area contributed by atoms with Crippen LogP contribution in [0.1, 0.15) is 32.1 Å². The van der Waals surface area contributed by atoms with Gasteiger partial charge < -0.3 is 9.80 Å². The fourth-order valence-electron chi connectivity index (χ4n) is 3.34. The van der Waals surface area contributed by atoms with Crippen molar-refractivity contribution in [1.29, 1.82) is 0 Å². The Morgan fingerprint density at radius 3 is 2.56 bits per heavy atom. The van der Waals surface area contributed by atoms with E-state index in [1.165, 1.54) is 0 Å². The molecule has 1 atom stereocenters. The molecule has 3 rings (SSSR count). The first-order chi connectivity index (χ1) is 8.77. The Morgan fingerprint density at radius 1 is 1.00 bits per heavy atom. The van der Waals surface area contributed by atoms with Gasteiger partial charge in [-0.1, -0.05) is 0 Å². The number of hydrogen-bond donors (Lipinski definition) is 0. The first-order valence-electron chi connectivity index (χ1n) is 6.95. The van der Waals surface area contributed by atoms with E-state index in [0.29, 0.717) is 19.0 Å². The van der Waals surface area contributed by atoms with Crippen molar-refractivity contribution in [2.45, 2.75) is 44.2 Å². The molecule has 0 aromatic rings. The van der Waals surface area contributed by atoms with Crippen LogP contribution in [0.5, 0.6) is 0 Å². The number of thioether (sulfide) groups is 1. The van der Waals surface area contributed by atoms with Crippen molar-refractivity contribution < 1.29 is 9.59 Å². The van der Waals surface area contributed by atoms with Crippen molar-refractivity contribution in [3.63, 3.8) is 0 Å². The zero-order chi connectivity index (χ0) is 12.5. The third-order valence-corrected chi connectivity index (χ3v) is 5.39. The molecular weight excluding hydrogens is 248 g/mol. The summed E-state index contributed by atoms with van der Waals surface area (Å²) in [5.41, 5.74) is 0. The fourth-order valence-corrected chi connectivity index (χ4v) is 4.42. The van der Waals surface area contributed by atoms with E-state index in [1.54, 1.807) is 0 Å². The normalized spacial score (nSPS) is 30.6. The first kappa shape index (κ1) is 12.3. The largest absolute Gasteiger partial charge is 0.337 e. The van der Waals surface area contributed by atoms with E-state index in [4.69, 9.17) is 0 Å². The van der Waals surface area contributed by atoms with Gasteiger partial charge in [-0.2, -0.15) is 11.8 Å². The lowest BCUT2D eigenvalue weighted by Gasteiger charge is -2.34. The van der Waals surface area contributed by atoms with Crippen molar-refractivity contribution in [1.82, 2.24) is 9.80 Å². The van der Waals surface area contributed by atoms with Gasteiger partial charge in [0.1, 0.15) is 6.04 Å². The standard InChI is InChI=1S/C13H20N2O2S/c16-12-3-7-14(10-4-8-18-9-5-10)13(17)11-2-1-6-15(11)12/h10-11H,1-9H2. The minimum Gasteiger partial charge on any atom is -0.337 e. The zero-order valence-corrected chi connectivity index (χ0v) is 11.5. The lowest BCUT2D eigenvalue weighted by Crippen LogP contribution is -2.48. The summed E-state index contributed by atoms with van der Waals surface area (Å²) in [6, 6.07) is 0.238. The van der Waals surface area contributed by atoms with Gasteiger partial charge in [-0.3, -0.25) is 9.59 Å². The van der Waals surface area contributed by atoms with Gasteiger partial charge in [0.15, 0.2) is 0 Å². The highest BCUT2D eigenvalue weighted by atomic mass is 32.2. The van der Waals surface area contributed by atoms with E-state index in [2.05, 4.69) is 0 Å². The SMILES string of the molecule is O=C1C2CCCN2C(=O)CCN1C1CCSCC1. The third-order valence-electron chi connectivity index (χ3n) is 4.34. The molecule has 5 heteroatoms. The van der Waals surface area contributed by atoms with Crippen LogP contribution in [0, 0.1) is 0 Å². The van der Waals surface area contributed by atoms with Crippen molar-refractivity contribution in [2.24, 2.45) is 0 Å². The van der Waals surface area contributed by atoms with Gasteiger partial charge in [-0.05, 0) is 37.2 Å². The van der Waals surface area contributed by atoms with Crippen LogP contribution in [0.15, 0.2) is 0 Å². The van der Waals surface area contributed by atoms with E-state index in [9.17, 15) is 9.59 Å². The molecule has 0 radical (unpaired) electrons. The molecule has 3 heterocycles. The summed E-state index contributed by atoms with van der Waals surface area (Å²) in [6.45, 7) is 1.42. The molecule has 0 N–H and O–H groups in total. The lowest BCUT2D eigenvalue weighted by atomic mass is 10.1. The maximum atomic E-state index is 12.6. The molecule has 0 aromatic heterocycles. The highest BCUT2D eigenvalue weighted by Gasteiger charge is 2.41. The summed E-state index contributed by atoms with van der Waals surface area (Å²) in [4.78, 5) is 28.5. The maximum absolute atomic E-state index is 12.6. The smallest absolute Gasteiger partial charge is 0.245 e. The third kappa shape index (κ3) is 2.13. The van der Waals surface area contributed by atoms with Crippen LogP contribution in [0.25, 0.3) is 0 Å². The number of carbonyl (C=O) groups excluding carboxylic acids is 2. The molecule has 0 bridgehead atoms. The molecule has 4 nitrogen and oxygen atoms in total. The number of nitrogens with zero attached hydrogens (tertiary/aromatic N) is 2. The van der Waals surface area contributed by atoms with Crippen LogP contribution < -0.4 is 0 Å². The minimum atomic E-state index is -0.144. The minimum absolute atomic E-state index is 0.144. The second kappa shape index (κ2) is 5.11. The Bertz CT molecular complexity index is 355. The second-order valence-electron chi connectivity index (χ2n) is 5.37. The number of hydrogen-bond acceptors (Lipinski definition) is 3. The molecule has 3 aliphatic heterocycles. The molecule has 3 fully saturated rings. The summed E-state index contributed by atoms with van der Waals surface area (Å²) < 4.78 is 0. The Labute approximate surface area is 112 Å². The van der Waals surface area contributed by atoms with E-state index in [1.807, 2.05) is 21.6 Å². The monoisotopic (exact) mass is 268 g/mol. The van der Waals surface area contributed by atoms with Crippen LogP contribution in [0.3, 0.4) is 0 Å². The molecule has 1 unspecified atom stereocenters. The summed E-state index contributed by atoms with van der Waals surface area (Å²) in [6.07, 6.45) is 4.56. The van der Waals surface area contributed by atoms with E-state index >= 15 is 0 Å². The predicted octanol–water partition coefficient (Wildman–Crippen LogP) is 1.11. The fraction of sp³-hybridized carbons (Fsp3) is 0.846. The predicted molar refractivity (Wildman–Crippen MR) is 71.4 cm³/mol. The molecular formula is C13H20N2O2S. The number of rotatable bonds is 1. The molecule has 0 aliphatic carbocycles. The molecule has 0 aromatic carbocycles. The van der Waals surface area contributed by atoms with E-state index in [-0.39, 0.29) is 17.9 Å². The Balaban J connectivity index is 1.78. The van der Waals surface area contributed by atoms with Crippen LogP contribution >= 0.6 is 11.8 Å². The Hall–Kier alpha value is -0.710. The Kier molecular flexibility index (Phi) is 3.50. The highest BCUT2D eigenvalue weighted by molar-refractivity contribution is 7.99. The first-order valence-corrected chi connectivity index (χ1v) is 8.10. The Morgan fingerprint density at radius 2 is 1.78 bits per heavy atom. The van der Waals surface area contributed by atoms with Gasteiger partial charge in [0.2, 0.25) is 11.8 Å². The van der Waals surface area contributed by atoms with Crippen molar-refractivity contribution in [2.75, 3.05) is 24.6 Å². The number of fused-ring (bicyclic) bond motifs is 1. The van der Waals surface area contributed by atoms with Gasteiger partial charge in [-0.25, -0.2) is 0 Å². The van der Waals surface area contributed by atoms with Crippen LogP contribution in [0.4, 0.5) is 0 Å². The van der Waals surface area contributed by atoms with Crippen LogP contribution in [0.2, 0.25) is 0 Å². The van der Waals surface area contributed by atoms with Crippen LogP contribution in [-0.4, -0.2) is 58.3 Å². The molecule has 3 saturated heterocycles. The second-order valence-corrected chi connectivity index (χ2v) is 6.60.